The molecule has 0 saturated heterocycles. The van der Waals surface area contributed by atoms with E-state index in [1.807, 2.05) is 24.3 Å². The van der Waals surface area contributed by atoms with E-state index in [0.717, 1.165) is 24.2 Å². The second kappa shape index (κ2) is 4.79. The van der Waals surface area contributed by atoms with Crippen LogP contribution in [0.3, 0.4) is 0 Å². The lowest BCUT2D eigenvalue weighted by molar-refractivity contribution is -0.122. The molecule has 1 fully saturated rings. The Balaban J connectivity index is 1.91. The van der Waals surface area contributed by atoms with Crippen molar-refractivity contribution in [3.8, 4) is 5.75 Å². The van der Waals surface area contributed by atoms with Gasteiger partial charge in [0.2, 0.25) is 5.91 Å². The molecule has 0 heterocycles. The zero-order valence-electron chi connectivity index (χ0n) is 9.14. The van der Waals surface area contributed by atoms with E-state index in [4.69, 9.17) is 4.74 Å². The molecule has 1 amide bonds. The van der Waals surface area contributed by atoms with E-state index in [1.165, 1.54) is 0 Å². The minimum atomic E-state index is 0.0131. The largest absolute Gasteiger partial charge is 0.497 e. The summed E-state index contributed by atoms with van der Waals surface area (Å²) < 4.78 is 5.08. The van der Waals surface area contributed by atoms with E-state index in [1.54, 1.807) is 13.3 Å². The lowest BCUT2D eigenvalue weighted by atomic mass is 10.2. The van der Waals surface area contributed by atoms with Gasteiger partial charge in [0, 0.05) is 5.92 Å². The van der Waals surface area contributed by atoms with E-state index in [9.17, 15) is 4.79 Å². The van der Waals surface area contributed by atoms with Crippen LogP contribution in [0.15, 0.2) is 29.4 Å². The molecule has 0 spiro atoms. The molecule has 1 aliphatic rings. The third-order valence-corrected chi connectivity index (χ3v) is 2.43. The molecule has 4 heteroatoms. The van der Waals surface area contributed by atoms with E-state index < -0.39 is 0 Å². The fraction of sp³-hybridized carbons (Fsp3) is 0.333. The van der Waals surface area contributed by atoms with Crippen molar-refractivity contribution in [1.29, 1.82) is 0 Å². The van der Waals surface area contributed by atoms with Gasteiger partial charge in [0.1, 0.15) is 5.75 Å². The van der Waals surface area contributed by atoms with Crippen LogP contribution in [-0.4, -0.2) is 19.2 Å². The molecule has 0 aliphatic heterocycles. The van der Waals surface area contributed by atoms with Crippen LogP contribution in [0.2, 0.25) is 0 Å². The lowest BCUT2D eigenvalue weighted by Gasteiger charge is -2.00. The van der Waals surface area contributed by atoms with E-state index in [0.29, 0.717) is 0 Å². The zero-order valence-corrected chi connectivity index (χ0v) is 9.14. The standard InChI is InChI=1S/C12H14N2O2/c1-16-11-4-2-3-9(7-11)8-13-14-12(15)10-5-6-10/h2-4,7-8,10H,5-6H2,1H3,(H,14,15). The molecule has 1 saturated carbocycles. The van der Waals surface area contributed by atoms with Crippen LogP contribution in [0.5, 0.6) is 5.75 Å². The third kappa shape index (κ3) is 2.82. The Kier molecular flexibility index (Phi) is 3.19. The summed E-state index contributed by atoms with van der Waals surface area (Å²) >= 11 is 0. The van der Waals surface area contributed by atoms with Gasteiger partial charge in [0.15, 0.2) is 0 Å². The maximum atomic E-state index is 11.3. The Labute approximate surface area is 94.3 Å². The molecule has 0 atom stereocenters. The third-order valence-electron chi connectivity index (χ3n) is 2.43. The van der Waals surface area contributed by atoms with Gasteiger partial charge in [0.25, 0.3) is 0 Å². The van der Waals surface area contributed by atoms with Gasteiger partial charge in [-0.2, -0.15) is 5.10 Å². The molecule has 4 nitrogen and oxygen atoms in total. The number of hydrazone groups is 1. The topological polar surface area (TPSA) is 50.7 Å². The summed E-state index contributed by atoms with van der Waals surface area (Å²) in [6, 6.07) is 7.49. The van der Waals surface area contributed by atoms with Gasteiger partial charge in [-0.05, 0) is 30.5 Å². The van der Waals surface area contributed by atoms with Crippen LogP contribution in [0, 0.1) is 5.92 Å². The summed E-state index contributed by atoms with van der Waals surface area (Å²) in [5.74, 6) is 0.971. The SMILES string of the molecule is COc1cccc(C=NNC(=O)C2CC2)c1. The number of carbonyl (C=O) groups is 1. The summed E-state index contributed by atoms with van der Waals surface area (Å²) in [7, 11) is 1.62. The molecule has 2 rings (SSSR count). The molecule has 1 aromatic carbocycles. The van der Waals surface area contributed by atoms with Gasteiger partial charge in [0.05, 0.1) is 13.3 Å². The maximum absolute atomic E-state index is 11.3. The van der Waals surface area contributed by atoms with Gasteiger partial charge in [-0.1, -0.05) is 12.1 Å². The van der Waals surface area contributed by atoms with Crippen molar-refractivity contribution in [2.75, 3.05) is 7.11 Å². The second-order valence-corrected chi connectivity index (χ2v) is 3.79. The highest BCUT2D eigenvalue weighted by Crippen LogP contribution is 2.28. The summed E-state index contributed by atoms with van der Waals surface area (Å²) in [6.07, 6.45) is 3.59. The number of ether oxygens (including phenoxy) is 1. The molecule has 0 radical (unpaired) electrons. The minimum absolute atomic E-state index is 0.0131. The number of carbonyl (C=O) groups excluding carboxylic acids is 1. The highest BCUT2D eigenvalue weighted by Gasteiger charge is 2.29. The fourth-order valence-electron chi connectivity index (χ4n) is 1.33. The smallest absolute Gasteiger partial charge is 0.243 e. The average Bonchev–Trinajstić information content (AvgIpc) is 3.13. The molecule has 1 aromatic rings. The van der Waals surface area contributed by atoms with Crippen molar-refractivity contribution in [2.24, 2.45) is 11.0 Å². The first-order valence-corrected chi connectivity index (χ1v) is 5.26. The molecule has 1 aliphatic carbocycles. The first-order chi connectivity index (χ1) is 7.79. The normalized spacial score (nSPS) is 15.1. The van der Waals surface area contributed by atoms with Crippen molar-refractivity contribution < 1.29 is 9.53 Å². The highest BCUT2D eigenvalue weighted by atomic mass is 16.5. The molecule has 16 heavy (non-hydrogen) atoms. The van der Waals surface area contributed by atoms with Gasteiger partial charge in [-0.25, -0.2) is 5.43 Å². The number of nitrogens with one attached hydrogen (secondary N) is 1. The Morgan fingerprint density at radius 1 is 1.56 bits per heavy atom. The van der Waals surface area contributed by atoms with Crippen molar-refractivity contribution in [2.45, 2.75) is 12.8 Å². The van der Waals surface area contributed by atoms with Gasteiger partial charge >= 0.3 is 0 Å². The number of hydrogen-bond acceptors (Lipinski definition) is 3. The van der Waals surface area contributed by atoms with Gasteiger partial charge in [-0.3, -0.25) is 4.79 Å². The Morgan fingerprint density at radius 3 is 3.06 bits per heavy atom. The highest BCUT2D eigenvalue weighted by molar-refractivity contribution is 5.84. The van der Waals surface area contributed by atoms with Crippen LogP contribution >= 0.6 is 0 Å². The van der Waals surface area contributed by atoms with Crippen molar-refractivity contribution in [3.05, 3.63) is 29.8 Å². The molecular formula is C12H14N2O2. The van der Waals surface area contributed by atoms with Crippen LogP contribution < -0.4 is 10.2 Å². The quantitative estimate of drug-likeness (QED) is 0.616. The van der Waals surface area contributed by atoms with E-state index in [-0.39, 0.29) is 11.8 Å². The number of amides is 1. The molecule has 0 bridgehead atoms. The van der Waals surface area contributed by atoms with E-state index >= 15 is 0 Å². The zero-order chi connectivity index (χ0) is 11.4. The molecule has 0 aromatic heterocycles. The molecule has 0 unspecified atom stereocenters. The van der Waals surface area contributed by atoms with Crippen molar-refractivity contribution in [3.63, 3.8) is 0 Å². The Bertz CT molecular complexity index is 411. The Hall–Kier alpha value is -1.84. The monoisotopic (exact) mass is 218 g/mol. The summed E-state index contributed by atoms with van der Waals surface area (Å²) in [5, 5.41) is 3.90. The number of hydrogen-bond donors (Lipinski definition) is 1. The Morgan fingerprint density at radius 2 is 2.38 bits per heavy atom. The van der Waals surface area contributed by atoms with E-state index in [2.05, 4.69) is 10.5 Å². The molecule has 1 N–H and O–H groups in total. The fourth-order valence-corrected chi connectivity index (χ4v) is 1.33. The molecular weight excluding hydrogens is 204 g/mol. The van der Waals surface area contributed by atoms with Crippen LogP contribution in [0.1, 0.15) is 18.4 Å². The summed E-state index contributed by atoms with van der Waals surface area (Å²) in [4.78, 5) is 11.3. The van der Waals surface area contributed by atoms with Crippen molar-refractivity contribution in [1.82, 2.24) is 5.43 Å². The minimum Gasteiger partial charge on any atom is -0.497 e. The van der Waals surface area contributed by atoms with Crippen LogP contribution in [0.4, 0.5) is 0 Å². The number of rotatable bonds is 4. The summed E-state index contributed by atoms with van der Waals surface area (Å²) in [5.41, 5.74) is 3.42. The number of nitrogens with zero attached hydrogens (tertiary/aromatic N) is 1. The second-order valence-electron chi connectivity index (χ2n) is 3.79. The first kappa shape index (κ1) is 10.7. The maximum Gasteiger partial charge on any atom is 0.243 e. The lowest BCUT2D eigenvalue weighted by Crippen LogP contribution is -2.18. The first-order valence-electron chi connectivity index (χ1n) is 5.26. The predicted octanol–water partition coefficient (Wildman–Crippen LogP) is 1.56. The van der Waals surface area contributed by atoms with Gasteiger partial charge < -0.3 is 4.74 Å². The van der Waals surface area contributed by atoms with Crippen molar-refractivity contribution >= 4 is 12.1 Å². The van der Waals surface area contributed by atoms with Crippen LogP contribution in [0.25, 0.3) is 0 Å². The number of methoxy groups -OCH3 is 1. The number of benzene rings is 1. The van der Waals surface area contributed by atoms with Gasteiger partial charge in [-0.15, -0.1) is 0 Å². The predicted molar refractivity (Wildman–Crippen MR) is 61.5 cm³/mol. The average molecular weight is 218 g/mol. The summed E-state index contributed by atoms with van der Waals surface area (Å²) in [6.45, 7) is 0. The molecule has 84 valence electrons. The van der Waals surface area contributed by atoms with Crippen LogP contribution in [-0.2, 0) is 4.79 Å².